The second kappa shape index (κ2) is 19.9. The van der Waals surface area contributed by atoms with E-state index >= 15 is 0 Å². The highest BCUT2D eigenvalue weighted by atomic mass is 32.2. The van der Waals surface area contributed by atoms with Crippen LogP contribution in [0.25, 0.3) is 12.2 Å². The van der Waals surface area contributed by atoms with Gasteiger partial charge < -0.3 is 15.4 Å². The molecule has 58 heavy (non-hydrogen) atoms. The van der Waals surface area contributed by atoms with Crippen molar-refractivity contribution in [1.29, 1.82) is 0 Å². The van der Waals surface area contributed by atoms with Gasteiger partial charge in [0.05, 0.1) is 26.9 Å². The first-order valence-electron chi connectivity index (χ1n) is 16.8. The topological polar surface area (TPSA) is 229 Å². The molecule has 0 saturated heterocycles. The Morgan fingerprint density at radius 1 is 0.690 bits per heavy atom. The van der Waals surface area contributed by atoms with Crippen molar-refractivity contribution in [2.75, 3.05) is 26.7 Å². The Morgan fingerprint density at radius 3 is 1.59 bits per heavy atom. The Kier molecular flexibility index (Phi) is 14.6. The summed E-state index contributed by atoms with van der Waals surface area (Å²) in [6.07, 6.45) is 8.56. The number of carbonyl (C=O) groups excluding carboxylic acids is 2. The van der Waals surface area contributed by atoms with Crippen molar-refractivity contribution in [2.24, 2.45) is 0 Å². The highest BCUT2D eigenvalue weighted by Crippen LogP contribution is 2.23. The van der Waals surface area contributed by atoms with Crippen LogP contribution in [0.1, 0.15) is 18.1 Å². The summed E-state index contributed by atoms with van der Waals surface area (Å²) in [6, 6.07) is 24.9. The number of amides is 2. The van der Waals surface area contributed by atoms with E-state index in [9.17, 15) is 36.5 Å². The van der Waals surface area contributed by atoms with Crippen LogP contribution in [0.5, 0.6) is 5.75 Å². The molecule has 0 atom stereocenters. The summed E-state index contributed by atoms with van der Waals surface area (Å²) in [6.45, 7) is 2.42. The van der Waals surface area contributed by atoms with Gasteiger partial charge in [0.25, 0.3) is 25.7 Å². The van der Waals surface area contributed by atoms with Crippen molar-refractivity contribution in [1.82, 2.24) is 9.97 Å². The van der Waals surface area contributed by atoms with Gasteiger partial charge in [-0.1, -0.05) is 30.3 Å². The van der Waals surface area contributed by atoms with E-state index in [2.05, 4.69) is 30.0 Å². The van der Waals surface area contributed by atoms with E-state index in [-0.39, 0.29) is 26.5 Å². The average molecular weight is 860 g/mol. The molecule has 0 aliphatic rings. The van der Waals surface area contributed by atoms with Crippen molar-refractivity contribution < 1.29 is 36.1 Å². The summed E-state index contributed by atoms with van der Waals surface area (Å²) >= 11 is 2.34. The largest absolute Gasteiger partial charge is 0.493 e. The zero-order valence-electron chi connectivity index (χ0n) is 30.2. The molecule has 0 saturated carbocycles. The Labute approximate surface area is 341 Å². The second-order valence-corrected chi connectivity index (χ2v) is 16.5. The molecule has 6 rings (SSSR count). The number of anilines is 4. The van der Waals surface area contributed by atoms with Gasteiger partial charge >= 0.3 is 0 Å². The van der Waals surface area contributed by atoms with E-state index in [4.69, 9.17) is 4.74 Å². The van der Waals surface area contributed by atoms with Crippen LogP contribution < -0.4 is 24.8 Å². The van der Waals surface area contributed by atoms with Crippen LogP contribution in [0, 0.1) is 10.1 Å². The summed E-state index contributed by atoms with van der Waals surface area (Å²) in [5.74, 6) is -0.158. The maximum absolute atomic E-state index is 12.3. The number of sulfonamides is 2. The van der Waals surface area contributed by atoms with E-state index in [1.165, 1.54) is 103 Å². The van der Waals surface area contributed by atoms with E-state index in [0.29, 0.717) is 34.4 Å². The van der Waals surface area contributed by atoms with Crippen molar-refractivity contribution in [2.45, 2.75) is 16.7 Å². The Balaban J connectivity index is 0.000000221. The number of hydrogen-bond acceptors (Lipinski definition) is 13. The first-order valence-corrected chi connectivity index (χ1v) is 21.5. The lowest BCUT2D eigenvalue weighted by Gasteiger charge is -2.07. The molecule has 0 aliphatic heterocycles. The maximum atomic E-state index is 12.3. The average Bonchev–Trinajstić information content (AvgIpc) is 3.92. The predicted octanol–water partition coefficient (Wildman–Crippen LogP) is 7.50. The number of nitrogens with one attached hydrogen (secondary N) is 4. The lowest BCUT2D eigenvalue weighted by atomic mass is 10.1. The Morgan fingerprint density at radius 2 is 1.14 bits per heavy atom. The first kappa shape index (κ1) is 42.4. The minimum Gasteiger partial charge on any atom is -0.493 e. The van der Waals surface area contributed by atoms with Gasteiger partial charge in [0.1, 0.15) is 5.75 Å². The minimum absolute atomic E-state index is 0.0150. The number of hydrogen-bond donors (Lipinski definition) is 4. The Hall–Kier alpha value is -6.74. The zero-order valence-corrected chi connectivity index (χ0v) is 33.5. The molecular weight excluding hydrogens is 827 g/mol. The third kappa shape index (κ3) is 12.4. The fourth-order valence-electron chi connectivity index (χ4n) is 4.73. The third-order valence-corrected chi connectivity index (χ3v) is 11.7. The predicted molar refractivity (Wildman–Crippen MR) is 225 cm³/mol. The first-order chi connectivity index (χ1) is 27.8. The molecule has 16 nitrogen and oxygen atoms in total. The molecule has 0 unspecified atom stereocenters. The maximum Gasteiger partial charge on any atom is 0.276 e. The molecule has 0 radical (unpaired) electrons. The number of rotatable bonds is 15. The minimum atomic E-state index is -3.78. The quantitative estimate of drug-likeness (QED) is 0.0449. The number of para-hydroxylation sites is 2. The number of carbonyl (C=O) groups is 2. The van der Waals surface area contributed by atoms with E-state index in [0.717, 1.165) is 23.0 Å². The SMILES string of the molecule is CCOc1ccccc1/C=C/C(=O)Nc1ccc(S(=O)(=O)Nc2nccs2)cc1.O=C(/C=C/c1ccccc1[N+](=O)[O-])Nc1ccc(S(=O)(=O)Nc2nccs2)cc1. The van der Waals surface area contributed by atoms with E-state index < -0.39 is 30.9 Å². The summed E-state index contributed by atoms with van der Waals surface area (Å²) in [5, 5.41) is 20.1. The van der Waals surface area contributed by atoms with Gasteiger partial charge in [-0.3, -0.25) is 29.1 Å². The van der Waals surface area contributed by atoms with Gasteiger partial charge in [-0.05, 0) is 79.7 Å². The highest BCUT2D eigenvalue weighted by molar-refractivity contribution is 7.93. The van der Waals surface area contributed by atoms with Crippen LogP contribution in [0.3, 0.4) is 0 Å². The van der Waals surface area contributed by atoms with Crippen molar-refractivity contribution in [3.05, 3.63) is 154 Å². The monoisotopic (exact) mass is 859 g/mol. The van der Waals surface area contributed by atoms with Crippen LogP contribution in [0.4, 0.5) is 27.3 Å². The smallest absolute Gasteiger partial charge is 0.276 e. The van der Waals surface area contributed by atoms with Gasteiger partial charge in [-0.25, -0.2) is 26.8 Å². The number of ether oxygens (including phenoxy) is 1. The van der Waals surface area contributed by atoms with Gasteiger partial charge in [0, 0.05) is 58.3 Å². The standard InChI is InChI=1S/C20H19N3O4S2.C18H14N4O5S2/c1-2-27-18-6-4-3-5-15(18)7-12-19(24)22-16-8-10-17(11-9-16)29(25,26)23-20-21-13-14-28-20;23-17(10-5-13-3-1-2-4-16(13)22(24)25)20-14-6-8-15(9-7-14)29(26,27)21-18-19-11-12-28-18/h3-14H,2H2,1H3,(H,21,23)(H,22,24);1-12H,(H,19,21)(H,20,23)/b12-7+;10-5+. The molecule has 4 N–H and O–H groups in total. The van der Waals surface area contributed by atoms with Crippen LogP contribution in [-0.2, 0) is 29.6 Å². The highest BCUT2D eigenvalue weighted by Gasteiger charge is 2.17. The molecular formula is C38H33N7O9S4. The molecule has 20 heteroatoms. The molecule has 2 heterocycles. The van der Waals surface area contributed by atoms with E-state index in [1.807, 2.05) is 31.2 Å². The molecule has 0 aliphatic carbocycles. The summed E-state index contributed by atoms with van der Waals surface area (Å²) < 4.78 is 59.5. The number of benzene rings is 4. The molecule has 0 bridgehead atoms. The van der Waals surface area contributed by atoms with Gasteiger partial charge in [-0.15, -0.1) is 22.7 Å². The number of nitrogens with zero attached hydrogens (tertiary/aromatic N) is 3. The van der Waals surface area contributed by atoms with Crippen LogP contribution >= 0.6 is 22.7 Å². The molecule has 6 aromatic rings. The number of nitro groups is 1. The fraction of sp³-hybridized carbons (Fsp3) is 0.0526. The third-order valence-electron chi connectivity index (χ3n) is 7.35. The van der Waals surface area contributed by atoms with Crippen LogP contribution in [-0.4, -0.2) is 50.1 Å². The Bertz CT molecular complexity index is 2620. The van der Waals surface area contributed by atoms with Crippen molar-refractivity contribution in [3.8, 4) is 5.75 Å². The van der Waals surface area contributed by atoms with Crippen LogP contribution in [0.15, 0.2) is 142 Å². The number of thiazole rings is 2. The molecule has 2 amide bonds. The lowest BCUT2D eigenvalue weighted by molar-refractivity contribution is -0.385. The van der Waals surface area contributed by atoms with Gasteiger partial charge in [-0.2, -0.15) is 0 Å². The molecule has 0 fully saturated rings. The van der Waals surface area contributed by atoms with Crippen molar-refractivity contribution >= 4 is 94.0 Å². The molecule has 0 spiro atoms. The summed E-state index contributed by atoms with van der Waals surface area (Å²) in [4.78, 5) is 42.5. The van der Waals surface area contributed by atoms with Crippen LogP contribution in [0.2, 0.25) is 0 Å². The molecule has 298 valence electrons. The van der Waals surface area contributed by atoms with Gasteiger partial charge in [0.15, 0.2) is 10.3 Å². The number of nitro benzene ring substituents is 1. The van der Waals surface area contributed by atoms with Crippen molar-refractivity contribution in [3.63, 3.8) is 0 Å². The fourth-order valence-corrected chi connectivity index (χ4v) is 8.31. The second-order valence-electron chi connectivity index (χ2n) is 11.4. The summed E-state index contributed by atoms with van der Waals surface area (Å²) in [7, 11) is -7.51. The van der Waals surface area contributed by atoms with Gasteiger partial charge in [0.2, 0.25) is 11.8 Å². The zero-order chi connectivity index (χ0) is 41.5. The number of aromatic nitrogens is 2. The molecule has 2 aromatic heterocycles. The normalized spacial score (nSPS) is 11.3. The lowest BCUT2D eigenvalue weighted by Crippen LogP contribution is -2.13. The summed E-state index contributed by atoms with van der Waals surface area (Å²) in [5.41, 5.74) is 1.82. The molecule has 4 aromatic carbocycles. The van der Waals surface area contributed by atoms with E-state index in [1.54, 1.807) is 22.9 Å².